The van der Waals surface area contributed by atoms with Crippen molar-refractivity contribution >= 4 is 34.7 Å². The molecule has 2 aromatic rings. The molecule has 0 aliphatic carbocycles. The zero-order valence-electron chi connectivity index (χ0n) is 20.2. The minimum absolute atomic E-state index is 0.0474. The van der Waals surface area contributed by atoms with E-state index in [9.17, 15) is 35.9 Å². The van der Waals surface area contributed by atoms with Crippen molar-refractivity contribution in [3.63, 3.8) is 0 Å². The van der Waals surface area contributed by atoms with Crippen molar-refractivity contribution in [1.29, 1.82) is 0 Å². The molecule has 0 saturated carbocycles. The Morgan fingerprint density at radius 3 is 1.24 bits per heavy atom. The molecule has 16 heteroatoms. The lowest BCUT2D eigenvalue weighted by atomic mass is 10.1. The van der Waals surface area contributed by atoms with Gasteiger partial charge in [-0.3, -0.25) is 0 Å². The molecular weight excluding hydrogens is 530 g/mol. The highest BCUT2D eigenvalue weighted by Gasteiger charge is 2.31. The number of esters is 2. The fourth-order valence-corrected chi connectivity index (χ4v) is 2.62. The maximum Gasteiger partial charge on any atom is 0.422 e. The molecule has 8 N–H and O–H groups in total. The van der Waals surface area contributed by atoms with E-state index in [2.05, 4.69) is 9.47 Å². The van der Waals surface area contributed by atoms with Crippen LogP contribution >= 0.6 is 0 Å². The average Bonchev–Trinajstić information content (AvgIpc) is 2.80. The third-order valence-corrected chi connectivity index (χ3v) is 4.22. The maximum absolute atomic E-state index is 12.1. The largest absolute Gasteiger partial charge is 0.483 e. The van der Waals surface area contributed by atoms with E-state index in [4.69, 9.17) is 32.4 Å². The Kier molecular flexibility index (Phi) is 11.2. The van der Waals surface area contributed by atoms with E-state index in [0.29, 0.717) is 0 Å². The van der Waals surface area contributed by atoms with Crippen LogP contribution in [0, 0.1) is 0 Å². The van der Waals surface area contributed by atoms with E-state index in [1.165, 1.54) is 12.1 Å². The van der Waals surface area contributed by atoms with E-state index in [1.54, 1.807) is 13.8 Å². The number of nitrogen functional groups attached to an aromatic ring is 4. The molecule has 0 aliphatic rings. The molecule has 0 spiro atoms. The first-order valence-electron chi connectivity index (χ1n) is 10.6. The van der Waals surface area contributed by atoms with E-state index in [1.807, 2.05) is 0 Å². The molecular formula is C22H26F6N4O6. The normalized spacial score (nSPS) is 11.2. The van der Waals surface area contributed by atoms with E-state index >= 15 is 0 Å². The molecule has 10 nitrogen and oxygen atoms in total. The quantitative estimate of drug-likeness (QED) is 0.212. The fraction of sp³-hybridized carbons (Fsp3) is 0.364. The molecule has 0 saturated heterocycles. The number of alkyl halides is 6. The maximum atomic E-state index is 12.1. The number of rotatable bonds is 8. The molecule has 0 heterocycles. The van der Waals surface area contributed by atoms with Gasteiger partial charge < -0.3 is 41.9 Å². The zero-order chi connectivity index (χ0) is 29.3. The van der Waals surface area contributed by atoms with Crippen LogP contribution in [0.15, 0.2) is 24.3 Å². The predicted molar refractivity (Wildman–Crippen MR) is 126 cm³/mol. The Hall–Kier alpha value is -4.24. The van der Waals surface area contributed by atoms with E-state index < -0.39 is 37.5 Å². The summed E-state index contributed by atoms with van der Waals surface area (Å²) in [6, 6.07) is 4.79. The second-order valence-electron chi connectivity index (χ2n) is 7.13. The summed E-state index contributed by atoms with van der Waals surface area (Å²) in [5, 5.41) is 0. The third-order valence-electron chi connectivity index (χ3n) is 4.22. The van der Waals surface area contributed by atoms with Gasteiger partial charge in [0.1, 0.15) is 22.6 Å². The number of benzene rings is 2. The van der Waals surface area contributed by atoms with Gasteiger partial charge in [0, 0.05) is 0 Å². The van der Waals surface area contributed by atoms with Gasteiger partial charge >= 0.3 is 24.3 Å². The fourth-order valence-electron chi connectivity index (χ4n) is 2.62. The summed E-state index contributed by atoms with van der Waals surface area (Å²) in [5.74, 6) is -2.40. The summed E-state index contributed by atoms with van der Waals surface area (Å²) < 4.78 is 91.1. The number of ether oxygens (including phenoxy) is 4. The topological polar surface area (TPSA) is 175 Å². The van der Waals surface area contributed by atoms with Crippen LogP contribution in [0.1, 0.15) is 34.6 Å². The highest BCUT2D eigenvalue weighted by atomic mass is 19.4. The monoisotopic (exact) mass is 556 g/mol. The van der Waals surface area contributed by atoms with Crippen molar-refractivity contribution in [1.82, 2.24) is 0 Å². The van der Waals surface area contributed by atoms with Crippen LogP contribution in [0.25, 0.3) is 0 Å². The average molecular weight is 556 g/mol. The second kappa shape index (κ2) is 13.3. The van der Waals surface area contributed by atoms with Crippen molar-refractivity contribution < 1.29 is 54.9 Å². The summed E-state index contributed by atoms with van der Waals surface area (Å²) in [4.78, 5) is 23.3. The van der Waals surface area contributed by atoms with Crippen LogP contribution in [-0.4, -0.2) is 50.7 Å². The Bertz CT molecular complexity index is 1040. The van der Waals surface area contributed by atoms with Crippen molar-refractivity contribution in [3.8, 4) is 11.5 Å². The Morgan fingerprint density at radius 2 is 0.974 bits per heavy atom. The first kappa shape index (κ1) is 31.8. The van der Waals surface area contributed by atoms with Crippen LogP contribution in [0.5, 0.6) is 11.5 Å². The minimum Gasteiger partial charge on any atom is -0.483 e. The number of hydrogen-bond acceptors (Lipinski definition) is 10. The van der Waals surface area contributed by atoms with Gasteiger partial charge in [-0.1, -0.05) is 0 Å². The van der Waals surface area contributed by atoms with Gasteiger partial charge in [0.2, 0.25) is 0 Å². The standard InChI is InChI=1S/2C11H13F3N2O3/c2*1-2-18-10(17)8-7(19-5-11(12,13)14)4-3-6(15)9(8)16/h2*3-4H,2,5,15-16H2,1H3. The summed E-state index contributed by atoms with van der Waals surface area (Å²) in [6.07, 6.45) is -9.05. The van der Waals surface area contributed by atoms with Gasteiger partial charge in [0.25, 0.3) is 0 Å². The molecule has 0 aliphatic heterocycles. The molecule has 2 aromatic carbocycles. The summed E-state index contributed by atoms with van der Waals surface area (Å²) >= 11 is 0. The van der Waals surface area contributed by atoms with Gasteiger partial charge in [0.05, 0.1) is 36.0 Å². The Morgan fingerprint density at radius 1 is 0.658 bits per heavy atom. The van der Waals surface area contributed by atoms with Gasteiger partial charge in [-0.25, -0.2) is 9.59 Å². The summed E-state index contributed by atoms with van der Waals surface area (Å²) in [6.45, 7) is 0.121. The molecule has 0 bridgehead atoms. The highest BCUT2D eigenvalue weighted by molar-refractivity contribution is 6.01. The Labute approximate surface area is 212 Å². The van der Waals surface area contributed by atoms with Crippen molar-refractivity contribution in [2.75, 3.05) is 49.4 Å². The lowest BCUT2D eigenvalue weighted by Gasteiger charge is -2.15. The minimum atomic E-state index is -4.53. The third kappa shape index (κ3) is 9.67. The van der Waals surface area contributed by atoms with Crippen LogP contribution in [0.2, 0.25) is 0 Å². The second-order valence-corrected chi connectivity index (χ2v) is 7.13. The molecule has 212 valence electrons. The molecule has 0 atom stereocenters. The van der Waals surface area contributed by atoms with Gasteiger partial charge in [-0.2, -0.15) is 26.3 Å². The molecule has 0 amide bonds. The molecule has 0 radical (unpaired) electrons. The number of halogens is 6. The molecule has 0 unspecified atom stereocenters. The first-order chi connectivity index (χ1) is 17.5. The van der Waals surface area contributed by atoms with Crippen LogP contribution < -0.4 is 32.4 Å². The Balaban J connectivity index is 0.000000380. The zero-order valence-corrected chi connectivity index (χ0v) is 20.2. The summed E-state index contributed by atoms with van der Waals surface area (Å²) in [7, 11) is 0. The lowest BCUT2D eigenvalue weighted by molar-refractivity contribution is -0.154. The molecule has 0 aromatic heterocycles. The number of carbonyl (C=O) groups is 2. The van der Waals surface area contributed by atoms with Crippen LogP contribution in [-0.2, 0) is 9.47 Å². The summed E-state index contributed by atoms with van der Waals surface area (Å²) in [5.41, 5.74) is 21.3. The van der Waals surface area contributed by atoms with Gasteiger partial charge in [-0.05, 0) is 38.1 Å². The van der Waals surface area contributed by atoms with Crippen molar-refractivity contribution in [2.24, 2.45) is 0 Å². The van der Waals surface area contributed by atoms with E-state index in [0.717, 1.165) is 12.1 Å². The van der Waals surface area contributed by atoms with Crippen LogP contribution in [0.4, 0.5) is 49.1 Å². The lowest BCUT2D eigenvalue weighted by Crippen LogP contribution is -2.21. The molecule has 38 heavy (non-hydrogen) atoms. The highest BCUT2D eigenvalue weighted by Crippen LogP contribution is 2.32. The molecule has 0 fully saturated rings. The number of nitrogens with two attached hydrogens (primary N) is 4. The van der Waals surface area contributed by atoms with E-state index in [-0.39, 0.29) is 58.6 Å². The van der Waals surface area contributed by atoms with Crippen molar-refractivity contribution in [2.45, 2.75) is 26.2 Å². The van der Waals surface area contributed by atoms with Crippen molar-refractivity contribution in [3.05, 3.63) is 35.4 Å². The predicted octanol–water partition coefficient (Wildman–Crippen LogP) is 3.94. The smallest absolute Gasteiger partial charge is 0.422 e. The molecule has 2 rings (SSSR count). The first-order valence-corrected chi connectivity index (χ1v) is 10.6. The van der Waals surface area contributed by atoms with Gasteiger partial charge in [-0.15, -0.1) is 0 Å². The number of anilines is 4. The van der Waals surface area contributed by atoms with Gasteiger partial charge in [0.15, 0.2) is 13.2 Å². The van der Waals surface area contributed by atoms with Crippen LogP contribution in [0.3, 0.4) is 0 Å². The SMILES string of the molecule is CCOC(=O)c1c(OCC(F)(F)F)ccc(N)c1N.CCOC(=O)c1c(OCC(F)(F)F)ccc(N)c1N. The number of carbonyl (C=O) groups excluding carboxylic acids is 2. The number of hydrogen-bond donors (Lipinski definition) is 4.